The zero-order chi connectivity index (χ0) is 13.1. The highest BCUT2D eigenvalue weighted by atomic mass is 32.1. The van der Waals surface area contributed by atoms with E-state index in [0.29, 0.717) is 23.0 Å². The van der Waals surface area contributed by atoms with Crippen LogP contribution in [0.1, 0.15) is 29.8 Å². The van der Waals surface area contributed by atoms with Gasteiger partial charge in [-0.15, -0.1) is 11.3 Å². The Hall–Kier alpha value is -0.720. The fourth-order valence-electron chi connectivity index (χ4n) is 2.16. The van der Waals surface area contributed by atoms with Crippen LogP contribution >= 0.6 is 23.6 Å². The van der Waals surface area contributed by atoms with Crippen LogP contribution in [0.5, 0.6) is 0 Å². The summed E-state index contributed by atoms with van der Waals surface area (Å²) in [5, 5.41) is 9.06. The van der Waals surface area contributed by atoms with E-state index in [1.807, 2.05) is 11.8 Å². The van der Waals surface area contributed by atoms with E-state index in [0.717, 1.165) is 23.4 Å². The molecule has 2 N–H and O–H groups in total. The number of aromatic amines is 1. The van der Waals surface area contributed by atoms with E-state index in [9.17, 15) is 4.79 Å². The Morgan fingerprint density at radius 2 is 2.33 bits per heavy atom. The summed E-state index contributed by atoms with van der Waals surface area (Å²) < 4.78 is 0.715. The van der Waals surface area contributed by atoms with Crippen molar-refractivity contribution >= 4 is 29.5 Å². The number of aromatic nitrogens is 1. The van der Waals surface area contributed by atoms with Gasteiger partial charge in [0.25, 0.3) is 0 Å². The number of thiazole rings is 1. The van der Waals surface area contributed by atoms with Crippen molar-refractivity contribution in [3.8, 4) is 0 Å². The van der Waals surface area contributed by atoms with Crippen LogP contribution in [0.3, 0.4) is 0 Å². The van der Waals surface area contributed by atoms with Gasteiger partial charge >= 0.3 is 0 Å². The number of nitrogens with one attached hydrogen (secondary N) is 1. The normalized spacial score (nSPS) is 15.4. The maximum Gasteiger partial charge on any atom is 0.228 e. The first-order valence-electron chi connectivity index (χ1n) is 6.20. The predicted molar refractivity (Wildman–Crippen MR) is 74.4 cm³/mol. The highest BCUT2D eigenvalue weighted by molar-refractivity contribution is 7.73. The molecule has 0 aliphatic heterocycles. The van der Waals surface area contributed by atoms with Crippen LogP contribution in [0, 0.1) is 10.9 Å². The maximum atomic E-state index is 12.3. The average Bonchev–Trinajstić information content (AvgIpc) is 2.54. The van der Waals surface area contributed by atoms with Gasteiger partial charge < -0.3 is 15.0 Å². The van der Waals surface area contributed by atoms with Gasteiger partial charge in [-0.05, 0) is 38.4 Å². The second-order valence-electron chi connectivity index (χ2n) is 4.63. The molecule has 0 aromatic carbocycles. The Labute approximate surface area is 116 Å². The highest BCUT2D eigenvalue weighted by Crippen LogP contribution is 2.26. The predicted octanol–water partition coefficient (Wildman–Crippen LogP) is 2.03. The lowest BCUT2D eigenvalue weighted by Gasteiger charge is -2.37. The molecule has 100 valence electrons. The molecule has 1 saturated carbocycles. The number of carbonyl (C=O) groups is 1. The summed E-state index contributed by atoms with van der Waals surface area (Å²) in [5.41, 5.74) is 0.982. The Morgan fingerprint density at radius 1 is 1.61 bits per heavy atom. The number of amides is 1. The van der Waals surface area contributed by atoms with Gasteiger partial charge in [0.1, 0.15) is 0 Å². The number of rotatable bonds is 5. The van der Waals surface area contributed by atoms with Gasteiger partial charge in [-0.25, -0.2) is 0 Å². The second-order valence-corrected chi connectivity index (χ2v) is 6.41. The highest BCUT2D eigenvalue weighted by Gasteiger charge is 2.28. The molecule has 1 aliphatic carbocycles. The van der Waals surface area contributed by atoms with E-state index in [1.165, 1.54) is 17.8 Å². The molecule has 18 heavy (non-hydrogen) atoms. The molecular weight excluding hydrogens is 268 g/mol. The molecule has 1 fully saturated rings. The molecule has 4 nitrogen and oxygen atoms in total. The summed E-state index contributed by atoms with van der Waals surface area (Å²) in [6.07, 6.45) is 3.70. The standard InChI is InChI=1S/C12H18N2O2S2/c1-8-10(18-12(17)13-8)7-11(16)14(5-6-15)9-3-2-4-9/h9,15H,2-7H2,1H3,(H,13,17). The summed E-state index contributed by atoms with van der Waals surface area (Å²) in [7, 11) is 0. The van der Waals surface area contributed by atoms with Crippen molar-refractivity contribution in [2.45, 2.75) is 38.6 Å². The number of aliphatic hydroxyl groups is 1. The minimum absolute atomic E-state index is 0.0318. The van der Waals surface area contributed by atoms with Crippen molar-refractivity contribution < 1.29 is 9.90 Å². The summed E-state index contributed by atoms with van der Waals surface area (Å²) in [4.78, 5) is 18.2. The summed E-state index contributed by atoms with van der Waals surface area (Å²) in [6, 6.07) is 0.330. The first-order chi connectivity index (χ1) is 8.61. The first kappa shape index (κ1) is 13.7. The lowest BCUT2D eigenvalue weighted by atomic mass is 9.91. The molecule has 1 aliphatic rings. The molecule has 1 aromatic heterocycles. The molecule has 1 heterocycles. The van der Waals surface area contributed by atoms with Crippen LogP contribution in [0.4, 0.5) is 0 Å². The van der Waals surface area contributed by atoms with E-state index in [4.69, 9.17) is 17.3 Å². The van der Waals surface area contributed by atoms with Crippen LogP contribution in [-0.4, -0.2) is 40.1 Å². The topological polar surface area (TPSA) is 56.3 Å². The fraction of sp³-hybridized carbons (Fsp3) is 0.667. The molecule has 1 aromatic rings. The summed E-state index contributed by atoms with van der Waals surface area (Å²) in [6.45, 7) is 2.41. The van der Waals surface area contributed by atoms with Gasteiger partial charge in [0, 0.05) is 23.2 Å². The fourth-order valence-corrected chi connectivity index (χ4v) is 3.44. The van der Waals surface area contributed by atoms with Crippen molar-refractivity contribution in [3.63, 3.8) is 0 Å². The Balaban J connectivity index is 2.04. The van der Waals surface area contributed by atoms with E-state index in [-0.39, 0.29) is 12.5 Å². The Morgan fingerprint density at radius 3 is 2.78 bits per heavy atom. The molecular formula is C12H18N2O2S2. The Bertz CT molecular complexity index is 477. The van der Waals surface area contributed by atoms with Crippen molar-refractivity contribution in [2.24, 2.45) is 0 Å². The monoisotopic (exact) mass is 286 g/mol. The van der Waals surface area contributed by atoms with E-state index < -0.39 is 0 Å². The molecule has 0 atom stereocenters. The van der Waals surface area contributed by atoms with Crippen LogP contribution in [0.2, 0.25) is 0 Å². The largest absolute Gasteiger partial charge is 0.395 e. The zero-order valence-corrected chi connectivity index (χ0v) is 12.1. The summed E-state index contributed by atoms with van der Waals surface area (Å²) in [5.74, 6) is 0.0992. The smallest absolute Gasteiger partial charge is 0.228 e. The Kier molecular flexibility index (Phi) is 4.53. The van der Waals surface area contributed by atoms with E-state index in [1.54, 1.807) is 0 Å². The van der Waals surface area contributed by atoms with Crippen LogP contribution in [0.25, 0.3) is 0 Å². The molecule has 0 radical (unpaired) electrons. The number of carbonyl (C=O) groups excluding carboxylic acids is 1. The van der Waals surface area contributed by atoms with Gasteiger partial charge in [-0.2, -0.15) is 0 Å². The van der Waals surface area contributed by atoms with E-state index in [2.05, 4.69) is 4.98 Å². The average molecular weight is 286 g/mol. The molecule has 2 rings (SSSR count). The van der Waals surface area contributed by atoms with Crippen LogP contribution in [0.15, 0.2) is 0 Å². The van der Waals surface area contributed by atoms with Crippen molar-refractivity contribution in [1.82, 2.24) is 9.88 Å². The van der Waals surface area contributed by atoms with Gasteiger partial charge in [0.2, 0.25) is 5.91 Å². The van der Waals surface area contributed by atoms with Gasteiger partial charge in [0.05, 0.1) is 13.0 Å². The van der Waals surface area contributed by atoms with Crippen molar-refractivity contribution in [1.29, 1.82) is 0 Å². The third kappa shape index (κ3) is 2.99. The number of aryl methyl sites for hydroxylation is 1. The van der Waals surface area contributed by atoms with Crippen LogP contribution in [-0.2, 0) is 11.2 Å². The molecule has 0 bridgehead atoms. The summed E-state index contributed by atoms with van der Waals surface area (Å²) >= 11 is 6.54. The number of aliphatic hydroxyl groups excluding tert-OH is 1. The molecule has 6 heteroatoms. The van der Waals surface area contributed by atoms with Gasteiger partial charge in [0.15, 0.2) is 3.95 Å². The second kappa shape index (κ2) is 5.95. The molecule has 0 unspecified atom stereocenters. The minimum Gasteiger partial charge on any atom is -0.395 e. The lowest BCUT2D eigenvalue weighted by molar-refractivity contribution is -0.135. The number of nitrogens with zero attached hydrogens (tertiary/aromatic N) is 1. The molecule has 1 amide bonds. The minimum atomic E-state index is 0.0318. The lowest BCUT2D eigenvalue weighted by Crippen LogP contribution is -2.46. The third-order valence-corrected chi connectivity index (χ3v) is 4.75. The first-order valence-corrected chi connectivity index (χ1v) is 7.43. The van der Waals surface area contributed by atoms with Gasteiger partial charge in [-0.3, -0.25) is 4.79 Å². The molecule has 0 spiro atoms. The van der Waals surface area contributed by atoms with Crippen molar-refractivity contribution in [2.75, 3.05) is 13.2 Å². The quantitative estimate of drug-likeness (QED) is 0.814. The molecule has 0 saturated heterocycles. The van der Waals surface area contributed by atoms with Crippen LogP contribution < -0.4 is 0 Å². The third-order valence-electron chi connectivity index (χ3n) is 3.41. The number of H-pyrrole nitrogens is 1. The van der Waals surface area contributed by atoms with Gasteiger partial charge in [-0.1, -0.05) is 0 Å². The SMILES string of the molecule is Cc1[nH]c(=S)sc1CC(=O)N(CCO)C1CCC1. The number of hydrogen-bond donors (Lipinski definition) is 2. The van der Waals surface area contributed by atoms with Crippen molar-refractivity contribution in [3.05, 3.63) is 14.5 Å². The van der Waals surface area contributed by atoms with E-state index >= 15 is 0 Å². The number of hydrogen-bond acceptors (Lipinski definition) is 4. The zero-order valence-electron chi connectivity index (χ0n) is 10.4. The maximum absolute atomic E-state index is 12.3.